The fourth-order valence-corrected chi connectivity index (χ4v) is 2.91. The summed E-state index contributed by atoms with van der Waals surface area (Å²) in [6.07, 6.45) is 4.30. The molecule has 1 aromatic rings. The van der Waals surface area contributed by atoms with Crippen LogP contribution in [0.2, 0.25) is 26.2 Å². The summed E-state index contributed by atoms with van der Waals surface area (Å²) in [5.74, 6) is 0. The zero-order chi connectivity index (χ0) is 15.2. The van der Waals surface area contributed by atoms with E-state index in [4.69, 9.17) is 8.85 Å². The molecule has 0 aliphatic carbocycles. The van der Waals surface area contributed by atoms with Gasteiger partial charge in [0, 0.05) is 14.2 Å². The van der Waals surface area contributed by atoms with Crippen LogP contribution in [-0.2, 0) is 8.85 Å². The van der Waals surface area contributed by atoms with Crippen molar-refractivity contribution < 1.29 is 8.85 Å². The third kappa shape index (κ3) is 6.01. The molecule has 1 aromatic carbocycles. The number of rotatable bonds is 6. The Morgan fingerprint density at radius 2 is 1.00 bits per heavy atom. The van der Waals surface area contributed by atoms with Gasteiger partial charge in [-0.05, 0) is 37.3 Å². The Bertz CT molecular complexity index is 429. The molecule has 0 aromatic heterocycles. The highest BCUT2D eigenvalue weighted by Crippen LogP contribution is 2.13. The van der Waals surface area contributed by atoms with E-state index in [0.717, 1.165) is 0 Å². The normalized spacial score (nSPS) is 13.5. The molecular formula is C16H26O2Si2. The van der Waals surface area contributed by atoms with E-state index in [-0.39, 0.29) is 0 Å². The molecule has 0 unspecified atom stereocenters. The Labute approximate surface area is 125 Å². The van der Waals surface area contributed by atoms with E-state index in [0.29, 0.717) is 0 Å². The van der Waals surface area contributed by atoms with Crippen molar-refractivity contribution in [3.05, 3.63) is 46.8 Å². The van der Waals surface area contributed by atoms with Crippen LogP contribution in [0.25, 0.3) is 12.2 Å². The summed E-state index contributed by atoms with van der Waals surface area (Å²) in [7, 11) is 0.319. The van der Waals surface area contributed by atoms with Gasteiger partial charge in [0.2, 0.25) is 16.6 Å². The van der Waals surface area contributed by atoms with E-state index in [2.05, 4.69) is 74.0 Å². The molecule has 0 radical (unpaired) electrons. The lowest BCUT2D eigenvalue weighted by molar-refractivity contribution is 0.415. The van der Waals surface area contributed by atoms with Crippen LogP contribution in [-0.4, -0.2) is 30.9 Å². The predicted octanol–water partition coefficient (Wildman–Crippen LogP) is 4.49. The van der Waals surface area contributed by atoms with Crippen LogP contribution in [0.1, 0.15) is 11.1 Å². The minimum absolute atomic E-state index is 1.21. The van der Waals surface area contributed by atoms with E-state index in [1.54, 1.807) is 14.2 Å². The van der Waals surface area contributed by atoms with Gasteiger partial charge in [-0.3, -0.25) is 0 Å². The van der Waals surface area contributed by atoms with Crippen molar-refractivity contribution >= 4 is 28.8 Å². The Balaban J connectivity index is 2.75. The molecule has 20 heavy (non-hydrogen) atoms. The first-order valence-electron chi connectivity index (χ1n) is 6.87. The van der Waals surface area contributed by atoms with Gasteiger partial charge in [-0.2, -0.15) is 0 Å². The third-order valence-corrected chi connectivity index (χ3v) is 7.39. The molecule has 4 heteroatoms. The standard InChI is InChI=1S/C16H26O2Si2/c1-17-19(3,4)13-11-15-7-9-16(10-8-15)12-14-20(5,6)18-2/h7-14H,1-6H3. The molecule has 0 heterocycles. The summed E-state index contributed by atoms with van der Waals surface area (Å²) in [5.41, 5.74) is 6.84. The van der Waals surface area contributed by atoms with Crippen LogP contribution < -0.4 is 0 Å². The smallest absolute Gasteiger partial charge is 0.210 e. The topological polar surface area (TPSA) is 18.5 Å². The zero-order valence-electron chi connectivity index (χ0n) is 13.4. The van der Waals surface area contributed by atoms with Crippen molar-refractivity contribution in [3.8, 4) is 0 Å². The summed E-state index contributed by atoms with van der Waals surface area (Å²) in [4.78, 5) is 0. The van der Waals surface area contributed by atoms with Crippen LogP contribution in [0.3, 0.4) is 0 Å². The van der Waals surface area contributed by atoms with Crippen LogP contribution in [0.4, 0.5) is 0 Å². The zero-order valence-corrected chi connectivity index (χ0v) is 15.4. The van der Waals surface area contributed by atoms with Crippen molar-refractivity contribution in [1.82, 2.24) is 0 Å². The summed E-state index contributed by atoms with van der Waals surface area (Å²) >= 11 is 0. The minimum atomic E-state index is -1.62. The highest BCUT2D eigenvalue weighted by molar-refractivity contribution is 6.77. The van der Waals surface area contributed by atoms with Gasteiger partial charge in [0.25, 0.3) is 0 Å². The molecule has 0 aliphatic rings. The maximum absolute atomic E-state index is 5.50. The summed E-state index contributed by atoms with van der Waals surface area (Å²) in [5, 5.41) is 0. The molecule has 0 atom stereocenters. The van der Waals surface area contributed by atoms with Gasteiger partial charge in [0.05, 0.1) is 0 Å². The fourth-order valence-electron chi connectivity index (χ4n) is 1.45. The molecule has 0 fully saturated rings. The Morgan fingerprint density at radius 1 is 0.700 bits per heavy atom. The monoisotopic (exact) mass is 306 g/mol. The van der Waals surface area contributed by atoms with Gasteiger partial charge in [-0.1, -0.05) is 47.8 Å². The van der Waals surface area contributed by atoms with E-state index >= 15 is 0 Å². The number of hydrogen-bond donors (Lipinski definition) is 0. The van der Waals surface area contributed by atoms with Crippen LogP contribution >= 0.6 is 0 Å². The Morgan fingerprint density at radius 3 is 1.25 bits per heavy atom. The SMILES string of the molecule is CO[Si](C)(C)C=Cc1ccc(C=C[Si](C)(C)OC)cc1. The highest BCUT2D eigenvalue weighted by atomic mass is 28.4. The number of benzene rings is 1. The van der Waals surface area contributed by atoms with Crippen molar-refractivity contribution in [2.75, 3.05) is 14.2 Å². The molecule has 2 nitrogen and oxygen atoms in total. The molecule has 0 bridgehead atoms. The summed E-state index contributed by atoms with van der Waals surface area (Å²) in [6, 6.07) is 8.55. The average molecular weight is 307 g/mol. The lowest BCUT2D eigenvalue weighted by Crippen LogP contribution is -2.25. The largest absolute Gasteiger partial charge is 0.417 e. The first-order chi connectivity index (χ1) is 9.28. The van der Waals surface area contributed by atoms with E-state index < -0.39 is 16.6 Å². The van der Waals surface area contributed by atoms with Crippen molar-refractivity contribution in [2.45, 2.75) is 26.2 Å². The van der Waals surface area contributed by atoms with Crippen LogP contribution in [0.15, 0.2) is 35.7 Å². The second-order valence-electron chi connectivity index (χ2n) is 5.95. The Kier molecular flexibility index (Phi) is 6.14. The second kappa shape index (κ2) is 7.17. The lowest BCUT2D eigenvalue weighted by atomic mass is 10.1. The van der Waals surface area contributed by atoms with Gasteiger partial charge in [0.1, 0.15) is 0 Å². The average Bonchev–Trinajstić information content (AvgIpc) is 2.44. The molecule has 0 aliphatic heterocycles. The van der Waals surface area contributed by atoms with E-state index in [1.807, 2.05) is 0 Å². The molecule has 0 amide bonds. The molecular weight excluding hydrogens is 280 g/mol. The molecule has 0 spiro atoms. The van der Waals surface area contributed by atoms with Gasteiger partial charge in [-0.25, -0.2) is 0 Å². The lowest BCUT2D eigenvalue weighted by Gasteiger charge is -2.14. The second-order valence-corrected chi connectivity index (χ2v) is 13.8. The maximum atomic E-state index is 5.50. The molecule has 0 N–H and O–H groups in total. The van der Waals surface area contributed by atoms with Crippen molar-refractivity contribution in [3.63, 3.8) is 0 Å². The molecule has 0 saturated heterocycles. The quantitative estimate of drug-likeness (QED) is 0.721. The van der Waals surface area contributed by atoms with E-state index in [9.17, 15) is 0 Å². The van der Waals surface area contributed by atoms with Gasteiger partial charge in [-0.15, -0.1) is 0 Å². The molecule has 0 saturated carbocycles. The number of hydrogen-bond acceptors (Lipinski definition) is 2. The first kappa shape index (κ1) is 17.1. The van der Waals surface area contributed by atoms with Crippen LogP contribution in [0, 0.1) is 0 Å². The van der Waals surface area contributed by atoms with Crippen molar-refractivity contribution in [2.24, 2.45) is 0 Å². The minimum Gasteiger partial charge on any atom is -0.417 e. The first-order valence-corrected chi connectivity index (χ1v) is 12.8. The fraction of sp³-hybridized carbons (Fsp3) is 0.375. The summed E-state index contributed by atoms with van der Waals surface area (Å²) < 4.78 is 11.0. The highest BCUT2D eigenvalue weighted by Gasteiger charge is 2.16. The van der Waals surface area contributed by atoms with Gasteiger partial charge in [0.15, 0.2) is 0 Å². The van der Waals surface area contributed by atoms with Crippen LogP contribution in [0.5, 0.6) is 0 Å². The third-order valence-electron chi connectivity index (χ3n) is 3.34. The van der Waals surface area contributed by atoms with Gasteiger partial charge < -0.3 is 8.85 Å². The van der Waals surface area contributed by atoms with Gasteiger partial charge >= 0.3 is 0 Å². The Hall–Kier alpha value is -0.946. The summed E-state index contributed by atoms with van der Waals surface area (Å²) in [6.45, 7) is 8.71. The molecule has 1 rings (SSSR count). The maximum Gasteiger partial charge on any atom is 0.210 e. The predicted molar refractivity (Wildman–Crippen MR) is 93.5 cm³/mol. The van der Waals surface area contributed by atoms with Crippen molar-refractivity contribution in [1.29, 1.82) is 0 Å². The van der Waals surface area contributed by atoms with E-state index in [1.165, 1.54) is 11.1 Å². The molecule has 110 valence electrons.